The van der Waals surface area contributed by atoms with E-state index in [4.69, 9.17) is 19.3 Å². The zero-order valence-electron chi connectivity index (χ0n) is 9.02. The summed E-state index contributed by atoms with van der Waals surface area (Å²) in [7, 11) is 1.49. The van der Waals surface area contributed by atoms with Crippen LogP contribution in [0.4, 0.5) is 5.69 Å². The number of ether oxygens (including phenoxy) is 1. The molecule has 2 heterocycles. The van der Waals surface area contributed by atoms with Crippen molar-refractivity contribution >= 4 is 27.6 Å². The van der Waals surface area contributed by atoms with Crippen LogP contribution in [0.3, 0.4) is 0 Å². The summed E-state index contributed by atoms with van der Waals surface area (Å²) in [6, 6.07) is 4.69. The Morgan fingerprint density at radius 1 is 1.18 bits per heavy atom. The Hall–Kier alpha value is -2.43. The average Bonchev–Trinajstić information content (AvgIpc) is 2.79. The number of rotatable bonds is 1. The molecule has 86 valence electrons. The number of nitrogen functional groups attached to an aromatic ring is 1. The monoisotopic (exact) mass is 231 g/mol. The second kappa shape index (κ2) is 3.28. The van der Waals surface area contributed by atoms with Crippen LogP contribution in [-0.2, 0) is 0 Å². The van der Waals surface area contributed by atoms with Crippen molar-refractivity contribution in [1.29, 1.82) is 0 Å². The molecular weight excluding hydrogens is 222 g/mol. The molecule has 3 rings (SSSR count). The van der Waals surface area contributed by atoms with E-state index in [-0.39, 0.29) is 0 Å². The molecule has 2 aromatic heterocycles. The molecule has 2 N–H and O–H groups in total. The van der Waals surface area contributed by atoms with Gasteiger partial charge in [0, 0.05) is 16.8 Å². The van der Waals surface area contributed by atoms with Gasteiger partial charge in [0.25, 0.3) is 0 Å². The standard InChI is InChI=1S/C12H9NO4/c1-15-12-10-7(4-5-16-10)9(13)6-2-3-8(14)17-11(6)12/h2-5H,13H2,1H3. The van der Waals surface area contributed by atoms with E-state index in [1.54, 1.807) is 12.1 Å². The summed E-state index contributed by atoms with van der Waals surface area (Å²) >= 11 is 0. The van der Waals surface area contributed by atoms with Gasteiger partial charge in [-0.3, -0.25) is 0 Å². The molecule has 0 aliphatic rings. The molecule has 0 aliphatic carbocycles. The molecule has 0 amide bonds. The summed E-state index contributed by atoms with van der Waals surface area (Å²) in [6.07, 6.45) is 1.51. The number of hydrogen-bond donors (Lipinski definition) is 1. The van der Waals surface area contributed by atoms with Crippen molar-refractivity contribution in [3.8, 4) is 5.75 Å². The first-order valence-corrected chi connectivity index (χ1v) is 4.99. The third kappa shape index (κ3) is 1.22. The first-order chi connectivity index (χ1) is 8.22. The van der Waals surface area contributed by atoms with E-state index in [2.05, 4.69) is 0 Å². The molecule has 1 aromatic carbocycles. The SMILES string of the molecule is COc1c2occc2c(N)c2ccc(=O)oc12. The fourth-order valence-corrected chi connectivity index (χ4v) is 1.93. The van der Waals surface area contributed by atoms with Gasteiger partial charge < -0.3 is 19.3 Å². The molecule has 0 aliphatic heterocycles. The molecule has 0 unspecified atom stereocenters. The number of benzene rings is 1. The molecule has 5 heteroatoms. The maximum Gasteiger partial charge on any atom is 0.336 e. The van der Waals surface area contributed by atoms with Crippen LogP contribution in [0.2, 0.25) is 0 Å². The van der Waals surface area contributed by atoms with Gasteiger partial charge in [0.15, 0.2) is 11.2 Å². The van der Waals surface area contributed by atoms with Crippen molar-refractivity contribution in [2.24, 2.45) is 0 Å². The van der Waals surface area contributed by atoms with E-state index < -0.39 is 5.63 Å². The minimum atomic E-state index is -0.457. The average molecular weight is 231 g/mol. The largest absolute Gasteiger partial charge is 0.490 e. The van der Waals surface area contributed by atoms with Gasteiger partial charge in [-0.25, -0.2) is 4.79 Å². The summed E-state index contributed by atoms with van der Waals surface area (Å²) in [4.78, 5) is 11.2. The molecular formula is C12H9NO4. The van der Waals surface area contributed by atoms with Crippen molar-refractivity contribution in [3.63, 3.8) is 0 Å². The number of fused-ring (bicyclic) bond motifs is 2. The first kappa shape index (κ1) is 9.77. The first-order valence-electron chi connectivity index (χ1n) is 4.99. The molecule has 0 atom stereocenters. The number of nitrogens with two attached hydrogens (primary N) is 1. The van der Waals surface area contributed by atoms with Crippen molar-refractivity contribution < 1.29 is 13.6 Å². The fourth-order valence-electron chi connectivity index (χ4n) is 1.93. The lowest BCUT2D eigenvalue weighted by molar-refractivity contribution is 0.403. The van der Waals surface area contributed by atoms with Crippen molar-refractivity contribution in [1.82, 2.24) is 0 Å². The van der Waals surface area contributed by atoms with Crippen LogP contribution in [-0.4, -0.2) is 7.11 Å². The highest BCUT2D eigenvalue weighted by atomic mass is 16.5. The molecule has 17 heavy (non-hydrogen) atoms. The van der Waals surface area contributed by atoms with Crippen LogP contribution in [0.5, 0.6) is 5.75 Å². The van der Waals surface area contributed by atoms with Crippen molar-refractivity contribution in [3.05, 3.63) is 34.9 Å². The lowest BCUT2D eigenvalue weighted by Gasteiger charge is -2.07. The van der Waals surface area contributed by atoms with E-state index in [0.717, 1.165) is 5.39 Å². The van der Waals surface area contributed by atoms with Gasteiger partial charge in [-0.2, -0.15) is 0 Å². The molecule has 0 fully saturated rings. The van der Waals surface area contributed by atoms with Gasteiger partial charge in [-0.15, -0.1) is 0 Å². The number of methoxy groups -OCH3 is 1. The van der Waals surface area contributed by atoms with Crippen molar-refractivity contribution in [2.75, 3.05) is 12.8 Å². The normalized spacial score (nSPS) is 11.1. The van der Waals surface area contributed by atoms with Gasteiger partial charge in [0.2, 0.25) is 5.75 Å². The second-order valence-electron chi connectivity index (χ2n) is 3.61. The maximum atomic E-state index is 11.2. The van der Waals surface area contributed by atoms with E-state index in [1.807, 2.05) is 0 Å². The lowest BCUT2D eigenvalue weighted by Crippen LogP contribution is -1.99. The van der Waals surface area contributed by atoms with Crippen molar-refractivity contribution in [2.45, 2.75) is 0 Å². The quantitative estimate of drug-likeness (QED) is 0.512. The predicted octanol–water partition coefficient (Wildman–Crippen LogP) is 2.13. The lowest BCUT2D eigenvalue weighted by atomic mass is 10.1. The minimum Gasteiger partial charge on any atom is -0.490 e. The van der Waals surface area contributed by atoms with Crippen LogP contribution in [0.1, 0.15) is 0 Å². The smallest absolute Gasteiger partial charge is 0.336 e. The summed E-state index contributed by atoms with van der Waals surface area (Å²) in [5, 5.41) is 1.37. The summed E-state index contributed by atoms with van der Waals surface area (Å²) < 4.78 is 15.7. The van der Waals surface area contributed by atoms with Gasteiger partial charge in [0.05, 0.1) is 19.1 Å². The van der Waals surface area contributed by atoms with Crippen LogP contribution >= 0.6 is 0 Å². The molecule has 0 bridgehead atoms. The highest BCUT2D eigenvalue weighted by Gasteiger charge is 2.17. The fraction of sp³-hybridized carbons (Fsp3) is 0.0833. The van der Waals surface area contributed by atoms with Crippen LogP contribution in [0.15, 0.2) is 38.1 Å². The molecule has 3 aromatic rings. The Morgan fingerprint density at radius 3 is 2.71 bits per heavy atom. The van der Waals surface area contributed by atoms with E-state index >= 15 is 0 Å². The molecule has 5 nitrogen and oxygen atoms in total. The summed E-state index contributed by atoms with van der Waals surface area (Å²) in [5.41, 5.74) is 6.83. The van der Waals surface area contributed by atoms with E-state index in [9.17, 15) is 4.79 Å². The van der Waals surface area contributed by atoms with Crippen LogP contribution < -0.4 is 16.1 Å². The zero-order valence-corrected chi connectivity index (χ0v) is 9.02. The highest BCUT2D eigenvalue weighted by Crippen LogP contribution is 2.39. The summed E-state index contributed by atoms with van der Waals surface area (Å²) in [5.74, 6) is 0.381. The molecule has 0 saturated carbocycles. The Bertz CT molecular complexity index is 769. The Labute approximate surface area is 95.4 Å². The number of anilines is 1. The van der Waals surface area contributed by atoms with Gasteiger partial charge in [-0.05, 0) is 12.1 Å². The van der Waals surface area contributed by atoms with Gasteiger partial charge in [-0.1, -0.05) is 0 Å². The van der Waals surface area contributed by atoms with Gasteiger partial charge in [0.1, 0.15) is 0 Å². The summed E-state index contributed by atoms with van der Waals surface area (Å²) in [6.45, 7) is 0. The maximum absolute atomic E-state index is 11.2. The van der Waals surface area contributed by atoms with E-state index in [0.29, 0.717) is 28.0 Å². The third-order valence-electron chi connectivity index (χ3n) is 2.70. The Morgan fingerprint density at radius 2 is 1.94 bits per heavy atom. The number of hydrogen-bond acceptors (Lipinski definition) is 5. The minimum absolute atomic E-state index is 0.306. The topological polar surface area (TPSA) is 78.6 Å². The van der Waals surface area contributed by atoms with Crippen LogP contribution in [0, 0.1) is 0 Å². The Balaban J connectivity index is 2.66. The number of furan rings is 1. The van der Waals surface area contributed by atoms with E-state index in [1.165, 1.54) is 19.4 Å². The third-order valence-corrected chi connectivity index (χ3v) is 2.70. The zero-order chi connectivity index (χ0) is 12.0. The van der Waals surface area contributed by atoms with Crippen LogP contribution in [0.25, 0.3) is 21.9 Å². The molecule has 0 saturated heterocycles. The second-order valence-corrected chi connectivity index (χ2v) is 3.61. The Kier molecular flexibility index (Phi) is 1.89. The van der Waals surface area contributed by atoms with Gasteiger partial charge >= 0.3 is 5.63 Å². The predicted molar refractivity (Wildman–Crippen MR) is 63.2 cm³/mol. The molecule has 0 spiro atoms. The highest BCUT2D eigenvalue weighted by molar-refractivity contribution is 6.11. The molecule has 0 radical (unpaired) electrons.